The van der Waals surface area contributed by atoms with Crippen molar-refractivity contribution >= 4 is 17.7 Å². The molecule has 0 aliphatic rings. The monoisotopic (exact) mass is 152 g/mol. The van der Waals surface area contributed by atoms with Crippen LogP contribution in [0, 0.1) is 5.41 Å². The lowest BCUT2D eigenvalue weighted by Gasteiger charge is -1.89. The third kappa shape index (κ3) is 4.19. The van der Waals surface area contributed by atoms with Crippen LogP contribution in [0.4, 0.5) is 0 Å². The number of ketones is 1. The summed E-state index contributed by atoms with van der Waals surface area (Å²) >= 11 is 0. The molecule has 0 saturated heterocycles. The second-order valence-corrected chi connectivity index (χ2v) is 2.28. The Kier molecular flexibility index (Phi) is 4.03. The first kappa shape index (κ1) is 9.75. The summed E-state index contributed by atoms with van der Waals surface area (Å²) in [4.78, 5) is 14.5. The van der Waals surface area contributed by atoms with Gasteiger partial charge in [-0.3, -0.25) is 9.79 Å². The third-order valence-electron chi connectivity index (χ3n) is 1.23. The highest BCUT2D eigenvalue weighted by atomic mass is 16.1. The maximum Gasteiger partial charge on any atom is 0.157 e. The van der Waals surface area contributed by atoms with Crippen LogP contribution < -0.4 is 0 Å². The van der Waals surface area contributed by atoms with E-state index in [1.54, 1.807) is 13.8 Å². The van der Waals surface area contributed by atoms with E-state index in [2.05, 4.69) is 4.99 Å². The number of rotatable bonds is 3. The van der Waals surface area contributed by atoms with Gasteiger partial charge in [0.05, 0.1) is 5.71 Å². The summed E-state index contributed by atoms with van der Waals surface area (Å²) in [7, 11) is 0. The average Bonchev–Trinajstić information content (AvgIpc) is 1.99. The highest BCUT2D eigenvalue weighted by Crippen LogP contribution is 1.93. The summed E-state index contributed by atoms with van der Waals surface area (Å²) in [5, 5.41) is 6.79. The molecule has 0 fully saturated rings. The van der Waals surface area contributed by atoms with Crippen molar-refractivity contribution in [2.24, 2.45) is 4.99 Å². The van der Waals surface area contributed by atoms with Crippen LogP contribution in [0.2, 0.25) is 0 Å². The molecule has 0 radical (unpaired) electrons. The molecule has 0 aliphatic carbocycles. The van der Waals surface area contributed by atoms with Crippen molar-refractivity contribution in [2.75, 3.05) is 0 Å². The van der Waals surface area contributed by atoms with Gasteiger partial charge in [-0.15, -0.1) is 0 Å². The van der Waals surface area contributed by atoms with Gasteiger partial charge in [-0.25, -0.2) is 0 Å². The van der Waals surface area contributed by atoms with E-state index in [1.165, 1.54) is 13.1 Å². The molecule has 0 spiro atoms. The molecule has 11 heavy (non-hydrogen) atoms. The van der Waals surface area contributed by atoms with Crippen LogP contribution in [0.3, 0.4) is 0 Å². The minimum Gasteiger partial charge on any atom is -0.307 e. The number of carbonyl (C=O) groups is 1. The van der Waals surface area contributed by atoms with E-state index in [4.69, 9.17) is 5.41 Å². The summed E-state index contributed by atoms with van der Waals surface area (Å²) in [6.45, 7) is 4.89. The second kappa shape index (κ2) is 4.55. The first-order valence-corrected chi connectivity index (χ1v) is 3.30. The fraction of sp³-hybridized carbons (Fsp3) is 0.375. The van der Waals surface area contributed by atoms with Crippen LogP contribution in [0.1, 0.15) is 20.8 Å². The van der Waals surface area contributed by atoms with Crippen LogP contribution in [-0.2, 0) is 4.79 Å². The molecule has 0 amide bonds. The average molecular weight is 152 g/mol. The van der Waals surface area contributed by atoms with E-state index >= 15 is 0 Å². The predicted octanol–water partition coefficient (Wildman–Crippen LogP) is 1.59. The number of hydrogen-bond donors (Lipinski definition) is 1. The Morgan fingerprint density at radius 1 is 1.36 bits per heavy atom. The molecule has 0 saturated carbocycles. The van der Waals surface area contributed by atoms with Crippen molar-refractivity contribution in [1.82, 2.24) is 0 Å². The Morgan fingerprint density at radius 3 is 2.27 bits per heavy atom. The molecule has 3 nitrogen and oxygen atoms in total. The zero-order valence-electron chi connectivity index (χ0n) is 7.01. The van der Waals surface area contributed by atoms with E-state index in [0.717, 1.165) is 6.21 Å². The van der Waals surface area contributed by atoms with Gasteiger partial charge in [-0.05, 0) is 20.8 Å². The van der Waals surface area contributed by atoms with Crippen molar-refractivity contribution < 1.29 is 4.79 Å². The van der Waals surface area contributed by atoms with Crippen LogP contribution in [0.5, 0.6) is 0 Å². The Morgan fingerprint density at radius 2 is 1.91 bits per heavy atom. The lowest BCUT2D eigenvalue weighted by Crippen LogP contribution is -1.92. The maximum atomic E-state index is 10.6. The van der Waals surface area contributed by atoms with Crippen molar-refractivity contribution in [3.05, 3.63) is 11.8 Å². The van der Waals surface area contributed by atoms with Crippen LogP contribution in [0.15, 0.2) is 16.8 Å². The van der Waals surface area contributed by atoms with Crippen molar-refractivity contribution in [3.63, 3.8) is 0 Å². The number of nitrogens with one attached hydrogen (secondary N) is 1. The number of aliphatic imine (C=N–C) groups is 1. The first-order valence-electron chi connectivity index (χ1n) is 3.30. The zero-order valence-corrected chi connectivity index (χ0v) is 7.01. The topological polar surface area (TPSA) is 53.3 Å². The molecule has 0 aromatic heterocycles. The van der Waals surface area contributed by atoms with Crippen molar-refractivity contribution in [3.8, 4) is 0 Å². The Labute approximate surface area is 66.3 Å². The van der Waals surface area contributed by atoms with E-state index in [9.17, 15) is 4.79 Å². The van der Waals surface area contributed by atoms with Gasteiger partial charge in [0.2, 0.25) is 0 Å². The summed E-state index contributed by atoms with van der Waals surface area (Å²) < 4.78 is 0. The summed E-state index contributed by atoms with van der Waals surface area (Å²) in [6.07, 6.45) is 2.62. The Bertz CT molecular complexity index is 226. The minimum atomic E-state index is 0.00605. The number of nitrogens with zero attached hydrogens (tertiary/aromatic N) is 1. The zero-order chi connectivity index (χ0) is 8.85. The quantitative estimate of drug-likeness (QED) is 0.484. The highest BCUT2D eigenvalue weighted by molar-refractivity contribution is 6.28. The number of allylic oxidation sites excluding steroid dienone is 1. The van der Waals surface area contributed by atoms with E-state index in [1.807, 2.05) is 0 Å². The number of carbonyl (C=O) groups excluding carboxylic acids is 1. The molecule has 0 bridgehead atoms. The van der Waals surface area contributed by atoms with Gasteiger partial charge in [0.1, 0.15) is 0 Å². The molecule has 1 N–H and O–H groups in total. The largest absolute Gasteiger partial charge is 0.307 e. The maximum absolute atomic E-state index is 10.6. The highest BCUT2D eigenvalue weighted by Gasteiger charge is 1.92. The van der Waals surface area contributed by atoms with Gasteiger partial charge in [-0.2, -0.15) is 0 Å². The summed E-state index contributed by atoms with van der Waals surface area (Å²) in [5.74, 6) is 0.00605. The van der Waals surface area contributed by atoms with Gasteiger partial charge in [-0.1, -0.05) is 0 Å². The molecule has 3 heteroatoms. The van der Waals surface area contributed by atoms with Crippen LogP contribution >= 0.6 is 0 Å². The van der Waals surface area contributed by atoms with E-state index in [0.29, 0.717) is 11.3 Å². The molecule has 60 valence electrons. The molecule has 0 rings (SSSR count). The summed E-state index contributed by atoms with van der Waals surface area (Å²) in [6, 6.07) is 0. The second-order valence-electron chi connectivity index (χ2n) is 2.28. The molecule has 0 unspecified atom stereocenters. The van der Waals surface area contributed by atoms with E-state index in [-0.39, 0.29) is 5.78 Å². The lowest BCUT2D eigenvalue weighted by atomic mass is 10.2. The molecule has 0 aliphatic heterocycles. The fourth-order valence-corrected chi connectivity index (χ4v) is 0.327. The van der Waals surface area contributed by atoms with Crippen LogP contribution in [-0.4, -0.2) is 17.7 Å². The van der Waals surface area contributed by atoms with Crippen molar-refractivity contribution in [1.29, 1.82) is 5.41 Å². The van der Waals surface area contributed by atoms with Gasteiger partial charge in [0, 0.05) is 18.0 Å². The molecule has 0 aromatic carbocycles. The minimum absolute atomic E-state index is 0.00605. The molecule has 0 atom stereocenters. The standard InChI is InChI=1S/C8H12N2O/c1-6(8(3)11)5-10-7(2)4-9/h4-5,9H,1-3H3/b6-5+,9-4?,10-7?. The SMILES string of the molecule is CC(=O)/C(C)=C/N=C(C)C=N. The predicted molar refractivity (Wildman–Crippen MR) is 46.3 cm³/mol. The Balaban J connectivity index is 4.34. The van der Waals surface area contributed by atoms with Crippen LogP contribution in [0.25, 0.3) is 0 Å². The fourth-order valence-electron chi connectivity index (χ4n) is 0.327. The normalized spacial score (nSPS) is 13.0. The number of hydrogen-bond acceptors (Lipinski definition) is 3. The smallest absolute Gasteiger partial charge is 0.157 e. The Hall–Kier alpha value is -1.25. The molecular weight excluding hydrogens is 140 g/mol. The molecular formula is C8H12N2O. The van der Waals surface area contributed by atoms with Gasteiger partial charge in [0.15, 0.2) is 5.78 Å². The number of Topliss-reactive ketones (excluding diaryl/α,β-unsaturated/α-hetero) is 1. The van der Waals surface area contributed by atoms with Gasteiger partial charge >= 0.3 is 0 Å². The third-order valence-corrected chi connectivity index (χ3v) is 1.23. The molecule has 0 aromatic rings. The van der Waals surface area contributed by atoms with E-state index < -0.39 is 0 Å². The summed E-state index contributed by atoms with van der Waals surface area (Å²) in [5.41, 5.74) is 1.19. The lowest BCUT2D eigenvalue weighted by molar-refractivity contribution is -0.113. The van der Waals surface area contributed by atoms with Gasteiger partial charge in [0.25, 0.3) is 0 Å². The van der Waals surface area contributed by atoms with Gasteiger partial charge < -0.3 is 5.41 Å². The first-order chi connectivity index (χ1) is 5.07. The molecule has 0 heterocycles. The van der Waals surface area contributed by atoms with Crippen molar-refractivity contribution in [2.45, 2.75) is 20.8 Å².